The molecule has 0 saturated carbocycles. The zero-order valence-corrected chi connectivity index (χ0v) is 13.9. The van der Waals surface area contributed by atoms with Crippen molar-refractivity contribution in [3.05, 3.63) is 48.5 Å². The molecule has 2 heteroatoms. The van der Waals surface area contributed by atoms with Crippen molar-refractivity contribution in [1.29, 1.82) is 0 Å². The minimum Gasteiger partial charge on any atom is -0.375 e. The van der Waals surface area contributed by atoms with E-state index >= 15 is 0 Å². The SMILES string of the molecule is CCN(C)c1ccc2c(ccc3cc(N(C)CC)ccc32)c1. The van der Waals surface area contributed by atoms with Gasteiger partial charge in [-0.2, -0.15) is 0 Å². The van der Waals surface area contributed by atoms with Crippen LogP contribution in [0.4, 0.5) is 11.4 Å². The van der Waals surface area contributed by atoms with Gasteiger partial charge in [0.25, 0.3) is 0 Å². The molecule has 0 fully saturated rings. The van der Waals surface area contributed by atoms with Crippen molar-refractivity contribution in [1.82, 2.24) is 0 Å². The molecule has 0 amide bonds. The van der Waals surface area contributed by atoms with Crippen LogP contribution in [0.3, 0.4) is 0 Å². The second-order valence-electron chi connectivity index (χ2n) is 5.90. The van der Waals surface area contributed by atoms with Gasteiger partial charge in [-0.05, 0) is 59.7 Å². The molecule has 2 nitrogen and oxygen atoms in total. The van der Waals surface area contributed by atoms with E-state index in [4.69, 9.17) is 0 Å². The number of anilines is 2. The summed E-state index contributed by atoms with van der Waals surface area (Å²) >= 11 is 0. The monoisotopic (exact) mass is 292 g/mol. The summed E-state index contributed by atoms with van der Waals surface area (Å²) in [6.07, 6.45) is 0. The summed E-state index contributed by atoms with van der Waals surface area (Å²) in [6, 6.07) is 18.0. The molecule has 0 aliphatic heterocycles. The van der Waals surface area contributed by atoms with Crippen LogP contribution in [0.15, 0.2) is 48.5 Å². The van der Waals surface area contributed by atoms with E-state index in [2.05, 4.69) is 86.3 Å². The van der Waals surface area contributed by atoms with Crippen LogP contribution in [0.25, 0.3) is 21.5 Å². The summed E-state index contributed by atoms with van der Waals surface area (Å²) in [5.74, 6) is 0. The smallest absolute Gasteiger partial charge is 0.0369 e. The van der Waals surface area contributed by atoms with Gasteiger partial charge >= 0.3 is 0 Å². The highest BCUT2D eigenvalue weighted by molar-refractivity contribution is 6.09. The number of nitrogens with zero attached hydrogens (tertiary/aromatic N) is 2. The maximum atomic E-state index is 2.28. The highest BCUT2D eigenvalue weighted by Crippen LogP contribution is 2.30. The van der Waals surface area contributed by atoms with Gasteiger partial charge < -0.3 is 9.80 Å². The fourth-order valence-corrected chi connectivity index (χ4v) is 2.89. The fourth-order valence-electron chi connectivity index (χ4n) is 2.89. The van der Waals surface area contributed by atoms with Gasteiger partial charge in [0.15, 0.2) is 0 Å². The standard InChI is InChI=1S/C20H24N2/c1-5-21(3)17-9-11-19-15(13-17)7-8-16-14-18(22(4)6-2)10-12-20(16)19/h7-14H,5-6H2,1-4H3. The maximum absolute atomic E-state index is 2.28. The lowest BCUT2D eigenvalue weighted by molar-refractivity contribution is 0.969. The summed E-state index contributed by atoms with van der Waals surface area (Å²) in [5.41, 5.74) is 2.55. The molecule has 0 saturated heterocycles. The van der Waals surface area contributed by atoms with Gasteiger partial charge in [-0.3, -0.25) is 0 Å². The molecule has 0 aliphatic rings. The van der Waals surface area contributed by atoms with Crippen LogP contribution in [0.2, 0.25) is 0 Å². The van der Waals surface area contributed by atoms with Crippen molar-refractivity contribution >= 4 is 32.9 Å². The van der Waals surface area contributed by atoms with Crippen LogP contribution in [-0.4, -0.2) is 27.2 Å². The lowest BCUT2D eigenvalue weighted by atomic mass is 10.0. The highest BCUT2D eigenvalue weighted by Gasteiger charge is 2.06. The van der Waals surface area contributed by atoms with Crippen molar-refractivity contribution in [3.63, 3.8) is 0 Å². The Kier molecular flexibility index (Phi) is 3.93. The molecular formula is C20H24N2. The zero-order valence-electron chi connectivity index (χ0n) is 13.9. The summed E-state index contributed by atoms with van der Waals surface area (Å²) in [5, 5.41) is 5.27. The molecule has 0 unspecified atom stereocenters. The van der Waals surface area contributed by atoms with E-state index in [1.165, 1.54) is 32.9 Å². The Morgan fingerprint density at radius 3 is 1.41 bits per heavy atom. The predicted octanol–water partition coefficient (Wildman–Crippen LogP) is 4.91. The molecule has 0 radical (unpaired) electrons. The van der Waals surface area contributed by atoms with E-state index in [1.807, 2.05) is 0 Å². The lowest BCUT2D eigenvalue weighted by Crippen LogP contribution is -2.15. The average molecular weight is 292 g/mol. The largest absolute Gasteiger partial charge is 0.375 e. The van der Waals surface area contributed by atoms with Crippen LogP contribution >= 0.6 is 0 Å². The van der Waals surface area contributed by atoms with Gasteiger partial charge in [-0.1, -0.05) is 24.3 Å². The van der Waals surface area contributed by atoms with Crippen LogP contribution in [-0.2, 0) is 0 Å². The predicted molar refractivity (Wildman–Crippen MR) is 99.3 cm³/mol. The van der Waals surface area contributed by atoms with E-state index in [0.29, 0.717) is 0 Å². The molecule has 0 bridgehead atoms. The minimum atomic E-state index is 1.02. The van der Waals surface area contributed by atoms with Crippen molar-refractivity contribution in [2.75, 3.05) is 37.0 Å². The molecule has 0 aliphatic carbocycles. The first-order chi connectivity index (χ1) is 10.6. The summed E-state index contributed by atoms with van der Waals surface area (Å²) in [4.78, 5) is 4.53. The molecule has 0 aromatic heterocycles. The first-order valence-corrected chi connectivity index (χ1v) is 8.03. The normalized spacial score (nSPS) is 11.1. The van der Waals surface area contributed by atoms with Crippen molar-refractivity contribution in [2.24, 2.45) is 0 Å². The van der Waals surface area contributed by atoms with Gasteiger partial charge in [0.2, 0.25) is 0 Å². The Morgan fingerprint density at radius 2 is 1.05 bits per heavy atom. The second-order valence-corrected chi connectivity index (χ2v) is 5.90. The van der Waals surface area contributed by atoms with Gasteiger partial charge in [-0.15, -0.1) is 0 Å². The van der Waals surface area contributed by atoms with E-state index in [-0.39, 0.29) is 0 Å². The van der Waals surface area contributed by atoms with Crippen molar-refractivity contribution in [3.8, 4) is 0 Å². The fraction of sp³-hybridized carbons (Fsp3) is 0.300. The molecule has 3 aromatic carbocycles. The van der Waals surface area contributed by atoms with Gasteiger partial charge in [0.1, 0.15) is 0 Å². The van der Waals surface area contributed by atoms with Crippen molar-refractivity contribution < 1.29 is 0 Å². The lowest BCUT2D eigenvalue weighted by Gasteiger charge is -2.19. The quantitative estimate of drug-likeness (QED) is 0.631. The van der Waals surface area contributed by atoms with E-state index in [0.717, 1.165) is 13.1 Å². The number of rotatable bonds is 4. The molecule has 22 heavy (non-hydrogen) atoms. The van der Waals surface area contributed by atoms with Crippen LogP contribution in [0.1, 0.15) is 13.8 Å². The van der Waals surface area contributed by atoms with Crippen molar-refractivity contribution in [2.45, 2.75) is 13.8 Å². The molecule has 114 valence electrons. The van der Waals surface area contributed by atoms with Gasteiger partial charge in [0.05, 0.1) is 0 Å². The third kappa shape index (κ3) is 2.50. The van der Waals surface area contributed by atoms with Gasteiger partial charge in [0, 0.05) is 38.6 Å². The number of fused-ring (bicyclic) bond motifs is 3. The minimum absolute atomic E-state index is 1.02. The Morgan fingerprint density at radius 1 is 0.636 bits per heavy atom. The Hall–Kier alpha value is -2.22. The first-order valence-electron chi connectivity index (χ1n) is 8.03. The third-order valence-electron chi connectivity index (χ3n) is 4.63. The number of hydrogen-bond acceptors (Lipinski definition) is 2. The maximum Gasteiger partial charge on any atom is 0.0369 e. The summed E-state index contributed by atoms with van der Waals surface area (Å²) < 4.78 is 0. The zero-order chi connectivity index (χ0) is 15.7. The number of hydrogen-bond donors (Lipinski definition) is 0. The van der Waals surface area contributed by atoms with Crippen LogP contribution in [0, 0.1) is 0 Å². The second kappa shape index (κ2) is 5.88. The molecule has 0 N–H and O–H groups in total. The van der Waals surface area contributed by atoms with Crippen LogP contribution in [0.5, 0.6) is 0 Å². The first kappa shape index (κ1) is 14.7. The van der Waals surface area contributed by atoms with Crippen LogP contribution < -0.4 is 9.80 Å². The third-order valence-corrected chi connectivity index (χ3v) is 4.63. The van der Waals surface area contributed by atoms with Gasteiger partial charge in [-0.25, -0.2) is 0 Å². The Balaban J connectivity index is 2.15. The van der Waals surface area contributed by atoms with E-state index in [1.54, 1.807) is 0 Å². The molecule has 3 rings (SSSR count). The Labute approximate surface area is 133 Å². The molecular weight excluding hydrogens is 268 g/mol. The molecule has 0 heterocycles. The Bertz CT molecular complexity index is 739. The molecule has 0 spiro atoms. The van der Waals surface area contributed by atoms with E-state index in [9.17, 15) is 0 Å². The average Bonchev–Trinajstić information content (AvgIpc) is 2.59. The summed E-state index contributed by atoms with van der Waals surface area (Å²) in [7, 11) is 4.27. The highest BCUT2D eigenvalue weighted by atomic mass is 15.1. The summed E-state index contributed by atoms with van der Waals surface area (Å²) in [6.45, 7) is 6.39. The number of benzene rings is 3. The molecule has 0 atom stereocenters. The van der Waals surface area contributed by atoms with E-state index < -0.39 is 0 Å². The molecule has 3 aromatic rings. The topological polar surface area (TPSA) is 6.48 Å².